The van der Waals surface area contributed by atoms with Crippen LogP contribution >= 0.6 is 0 Å². The summed E-state index contributed by atoms with van der Waals surface area (Å²) in [6, 6.07) is 8.66. The van der Waals surface area contributed by atoms with Crippen LogP contribution in [0.1, 0.15) is 15.9 Å². The van der Waals surface area contributed by atoms with E-state index in [0.29, 0.717) is 23.2 Å². The van der Waals surface area contributed by atoms with E-state index in [-0.39, 0.29) is 5.91 Å². The van der Waals surface area contributed by atoms with Gasteiger partial charge >= 0.3 is 0 Å². The van der Waals surface area contributed by atoms with E-state index in [1.165, 1.54) is 12.1 Å². The van der Waals surface area contributed by atoms with Gasteiger partial charge in [-0.1, -0.05) is 12.1 Å². The molecular weight excluding hydrogens is 248 g/mol. The molecule has 4 heteroatoms. The van der Waals surface area contributed by atoms with Gasteiger partial charge in [-0.05, 0) is 35.7 Å². The van der Waals surface area contributed by atoms with E-state index in [1.54, 1.807) is 18.2 Å². The molecule has 3 rings (SSSR count). The Morgan fingerprint density at radius 3 is 2.58 bits per heavy atom. The molecule has 0 atom stereocenters. The third-order valence-electron chi connectivity index (χ3n) is 3.27. The predicted octanol–water partition coefficient (Wildman–Crippen LogP) is 2.92. The van der Waals surface area contributed by atoms with Gasteiger partial charge in [0.15, 0.2) is 0 Å². The zero-order chi connectivity index (χ0) is 13.4. The molecule has 0 radical (unpaired) electrons. The van der Waals surface area contributed by atoms with Gasteiger partial charge in [0.25, 0.3) is 5.91 Å². The molecule has 1 aliphatic rings. The first-order valence-corrected chi connectivity index (χ1v) is 6.02. The molecule has 0 aliphatic carbocycles. The maximum atomic E-state index is 13.7. The second-order valence-electron chi connectivity index (χ2n) is 4.50. The van der Waals surface area contributed by atoms with Crippen LogP contribution in [0.4, 0.5) is 8.78 Å². The number of hydrogen-bond donors (Lipinski definition) is 1. The molecule has 0 spiro atoms. The highest BCUT2D eigenvalue weighted by Gasteiger charge is 2.17. The van der Waals surface area contributed by atoms with E-state index in [0.717, 1.165) is 18.1 Å². The fourth-order valence-corrected chi connectivity index (χ4v) is 2.32. The van der Waals surface area contributed by atoms with Crippen molar-refractivity contribution in [2.45, 2.75) is 6.42 Å². The van der Waals surface area contributed by atoms with Crippen LogP contribution < -0.4 is 5.32 Å². The first-order valence-electron chi connectivity index (χ1n) is 6.02. The molecule has 0 saturated heterocycles. The second kappa shape index (κ2) is 4.46. The van der Waals surface area contributed by atoms with Gasteiger partial charge in [0.2, 0.25) is 0 Å². The molecule has 1 N–H and O–H groups in total. The molecule has 1 amide bonds. The van der Waals surface area contributed by atoms with Crippen LogP contribution in [0.3, 0.4) is 0 Å². The Morgan fingerprint density at radius 2 is 1.79 bits per heavy atom. The van der Waals surface area contributed by atoms with E-state index < -0.39 is 11.6 Å². The quantitative estimate of drug-likeness (QED) is 0.838. The van der Waals surface area contributed by atoms with Gasteiger partial charge in [0, 0.05) is 23.7 Å². The van der Waals surface area contributed by atoms with E-state index in [1.807, 2.05) is 0 Å². The van der Waals surface area contributed by atoms with Crippen molar-refractivity contribution < 1.29 is 13.6 Å². The summed E-state index contributed by atoms with van der Waals surface area (Å²) in [5.41, 5.74) is 2.52. The van der Waals surface area contributed by atoms with Gasteiger partial charge in [-0.15, -0.1) is 0 Å². The molecule has 2 aromatic carbocycles. The average Bonchev–Trinajstić information content (AvgIpc) is 2.38. The number of halogens is 2. The van der Waals surface area contributed by atoms with Crippen molar-refractivity contribution >= 4 is 5.91 Å². The zero-order valence-corrected chi connectivity index (χ0v) is 10.0. The van der Waals surface area contributed by atoms with Crippen molar-refractivity contribution in [3.05, 3.63) is 59.2 Å². The molecule has 2 aromatic rings. The summed E-state index contributed by atoms with van der Waals surface area (Å²) in [5.74, 6) is -1.30. The third kappa shape index (κ3) is 2.10. The summed E-state index contributed by atoms with van der Waals surface area (Å²) in [4.78, 5) is 11.6. The summed E-state index contributed by atoms with van der Waals surface area (Å²) in [7, 11) is 0. The maximum absolute atomic E-state index is 13.7. The second-order valence-corrected chi connectivity index (χ2v) is 4.50. The molecule has 0 aromatic heterocycles. The number of amides is 1. The van der Waals surface area contributed by atoms with Crippen molar-refractivity contribution in [1.82, 2.24) is 5.32 Å². The summed E-state index contributed by atoms with van der Waals surface area (Å²) < 4.78 is 26.6. The molecule has 2 nitrogen and oxygen atoms in total. The Balaban J connectivity index is 2.09. The monoisotopic (exact) mass is 259 g/mol. The van der Waals surface area contributed by atoms with Crippen LogP contribution in [-0.4, -0.2) is 12.5 Å². The minimum atomic E-state index is -0.599. The number of carbonyl (C=O) groups is 1. The largest absolute Gasteiger partial charge is 0.352 e. The number of fused-ring (bicyclic) bond motifs is 1. The molecule has 19 heavy (non-hydrogen) atoms. The summed E-state index contributed by atoms with van der Waals surface area (Å²) in [6.45, 7) is 0.585. The Hall–Kier alpha value is -2.23. The molecule has 0 unspecified atom stereocenters. The number of carbonyl (C=O) groups excluding carboxylic acids is 1. The van der Waals surface area contributed by atoms with Crippen LogP contribution in [0.15, 0.2) is 36.4 Å². The fraction of sp³-hybridized carbons (Fsp3) is 0.133. The van der Waals surface area contributed by atoms with Crippen LogP contribution in [0, 0.1) is 11.6 Å². The molecule has 1 heterocycles. The maximum Gasteiger partial charge on any atom is 0.251 e. The zero-order valence-electron chi connectivity index (χ0n) is 10.0. The normalized spacial score (nSPS) is 13.9. The van der Waals surface area contributed by atoms with Crippen molar-refractivity contribution in [3.63, 3.8) is 0 Å². The lowest BCUT2D eigenvalue weighted by Crippen LogP contribution is -2.31. The van der Waals surface area contributed by atoms with Crippen molar-refractivity contribution in [2.75, 3.05) is 6.54 Å². The topological polar surface area (TPSA) is 29.1 Å². The number of rotatable bonds is 1. The van der Waals surface area contributed by atoms with E-state index in [2.05, 4.69) is 5.32 Å². The standard InChI is InChI=1S/C15H11F2NO/c16-11-2-4-12(14(17)8-11)9-1-3-13-10(7-9)5-6-18-15(13)19/h1-4,7-8H,5-6H2,(H,18,19). The lowest BCUT2D eigenvalue weighted by atomic mass is 9.95. The van der Waals surface area contributed by atoms with E-state index >= 15 is 0 Å². The van der Waals surface area contributed by atoms with E-state index in [4.69, 9.17) is 0 Å². The Morgan fingerprint density at radius 1 is 1.00 bits per heavy atom. The molecular formula is C15H11F2NO. The highest BCUT2D eigenvalue weighted by atomic mass is 19.1. The summed E-state index contributed by atoms with van der Waals surface area (Å²) >= 11 is 0. The van der Waals surface area contributed by atoms with Crippen LogP contribution in [0.5, 0.6) is 0 Å². The SMILES string of the molecule is O=C1NCCc2cc(-c3ccc(F)cc3F)ccc21. The molecule has 0 saturated carbocycles. The minimum Gasteiger partial charge on any atom is -0.352 e. The van der Waals surface area contributed by atoms with Gasteiger partial charge in [-0.3, -0.25) is 4.79 Å². The Labute approximate surface area is 109 Å². The Bertz CT molecular complexity index is 667. The number of benzene rings is 2. The van der Waals surface area contributed by atoms with Gasteiger partial charge in [-0.2, -0.15) is 0 Å². The minimum absolute atomic E-state index is 0.104. The van der Waals surface area contributed by atoms with Crippen LogP contribution in [-0.2, 0) is 6.42 Å². The summed E-state index contributed by atoms with van der Waals surface area (Å²) in [5, 5.41) is 2.75. The van der Waals surface area contributed by atoms with E-state index in [9.17, 15) is 13.6 Å². The predicted molar refractivity (Wildman–Crippen MR) is 67.8 cm³/mol. The molecule has 96 valence electrons. The van der Waals surface area contributed by atoms with Gasteiger partial charge in [0.1, 0.15) is 11.6 Å². The lowest BCUT2D eigenvalue weighted by Gasteiger charge is -2.17. The fourth-order valence-electron chi connectivity index (χ4n) is 2.32. The van der Waals surface area contributed by atoms with Crippen molar-refractivity contribution in [3.8, 4) is 11.1 Å². The van der Waals surface area contributed by atoms with Crippen molar-refractivity contribution in [2.24, 2.45) is 0 Å². The molecule has 0 bridgehead atoms. The highest BCUT2D eigenvalue weighted by Crippen LogP contribution is 2.27. The first-order chi connectivity index (χ1) is 9.15. The highest BCUT2D eigenvalue weighted by molar-refractivity contribution is 5.97. The van der Waals surface area contributed by atoms with Gasteiger partial charge in [0.05, 0.1) is 0 Å². The molecule has 0 fully saturated rings. The first kappa shape index (κ1) is 11.8. The Kier molecular flexibility index (Phi) is 2.78. The van der Waals surface area contributed by atoms with Crippen LogP contribution in [0.2, 0.25) is 0 Å². The smallest absolute Gasteiger partial charge is 0.251 e. The lowest BCUT2D eigenvalue weighted by molar-refractivity contribution is 0.0946. The number of hydrogen-bond acceptors (Lipinski definition) is 1. The average molecular weight is 259 g/mol. The number of nitrogens with one attached hydrogen (secondary N) is 1. The van der Waals surface area contributed by atoms with Crippen LogP contribution in [0.25, 0.3) is 11.1 Å². The van der Waals surface area contributed by atoms with Crippen molar-refractivity contribution in [1.29, 1.82) is 0 Å². The summed E-state index contributed by atoms with van der Waals surface area (Å²) in [6.07, 6.45) is 0.720. The van der Waals surface area contributed by atoms with Gasteiger partial charge in [-0.25, -0.2) is 8.78 Å². The molecule has 1 aliphatic heterocycles. The van der Waals surface area contributed by atoms with Gasteiger partial charge < -0.3 is 5.32 Å². The third-order valence-corrected chi connectivity index (χ3v) is 3.27.